The number of carbonyl (C=O) groups excluding carboxylic acids is 1. The number of aliphatic imine (C=N–C) groups is 1. The van der Waals surface area contributed by atoms with Crippen LogP contribution in [0.25, 0.3) is 0 Å². The van der Waals surface area contributed by atoms with Gasteiger partial charge in [-0.15, -0.1) is 0 Å². The fraction of sp³-hybridized carbons (Fsp3) is 0.636. The molecule has 1 aliphatic heterocycles. The highest BCUT2D eigenvalue weighted by molar-refractivity contribution is 5.81. The lowest BCUT2D eigenvalue weighted by molar-refractivity contribution is -0.122. The normalized spacial score (nSPS) is 23.3. The third-order valence-electron chi connectivity index (χ3n) is 5.52. The average Bonchev–Trinajstić information content (AvgIpc) is 3.48. The highest BCUT2D eigenvalue weighted by atomic mass is 16.2. The smallest absolute Gasteiger partial charge is 0.234 e. The van der Waals surface area contributed by atoms with E-state index in [-0.39, 0.29) is 5.91 Å². The SMILES string of the molecule is CCCNC(=O)CN1CCC(NC(=NCC)NC2CC2c2ccccc2)CC1. The second-order valence-corrected chi connectivity index (χ2v) is 7.87. The first kappa shape index (κ1) is 20.6. The average molecular weight is 386 g/mol. The number of amides is 1. The summed E-state index contributed by atoms with van der Waals surface area (Å²) >= 11 is 0. The van der Waals surface area contributed by atoms with Crippen molar-refractivity contribution in [3.8, 4) is 0 Å². The van der Waals surface area contributed by atoms with Crippen LogP contribution in [0.5, 0.6) is 0 Å². The van der Waals surface area contributed by atoms with E-state index in [2.05, 4.69) is 70.0 Å². The van der Waals surface area contributed by atoms with Crippen LogP contribution in [-0.2, 0) is 4.79 Å². The van der Waals surface area contributed by atoms with E-state index in [0.29, 0.717) is 24.5 Å². The number of guanidine groups is 1. The van der Waals surface area contributed by atoms with Gasteiger partial charge in [-0.3, -0.25) is 14.7 Å². The summed E-state index contributed by atoms with van der Waals surface area (Å²) in [5.74, 6) is 1.67. The molecule has 2 fully saturated rings. The van der Waals surface area contributed by atoms with Gasteiger partial charge in [0.05, 0.1) is 6.54 Å². The summed E-state index contributed by atoms with van der Waals surface area (Å²) in [6.45, 7) is 8.10. The van der Waals surface area contributed by atoms with Crippen molar-refractivity contribution in [2.45, 2.75) is 57.5 Å². The van der Waals surface area contributed by atoms with Gasteiger partial charge in [0.15, 0.2) is 5.96 Å². The highest BCUT2D eigenvalue weighted by Crippen LogP contribution is 2.40. The molecule has 1 heterocycles. The highest BCUT2D eigenvalue weighted by Gasteiger charge is 2.39. The third-order valence-corrected chi connectivity index (χ3v) is 5.52. The molecule has 28 heavy (non-hydrogen) atoms. The lowest BCUT2D eigenvalue weighted by atomic mass is 10.1. The number of rotatable bonds is 8. The van der Waals surface area contributed by atoms with Crippen LogP contribution in [-0.4, -0.2) is 61.6 Å². The molecule has 0 aromatic heterocycles. The van der Waals surface area contributed by atoms with E-state index in [1.54, 1.807) is 0 Å². The van der Waals surface area contributed by atoms with Crippen LogP contribution in [0.2, 0.25) is 0 Å². The van der Waals surface area contributed by atoms with E-state index < -0.39 is 0 Å². The van der Waals surface area contributed by atoms with Crippen LogP contribution < -0.4 is 16.0 Å². The van der Waals surface area contributed by atoms with Gasteiger partial charge in [-0.2, -0.15) is 0 Å². The Bertz CT molecular complexity index is 640. The maximum Gasteiger partial charge on any atom is 0.234 e. The molecule has 3 rings (SSSR count). The number of hydrogen-bond acceptors (Lipinski definition) is 3. The molecule has 1 amide bonds. The minimum atomic E-state index is 0.142. The van der Waals surface area contributed by atoms with E-state index in [9.17, 15) is 4.79 Å². The van der Waals surface area contributed by atoms with Gasteiger partial charge in [0.25, 0.3) is 0 Å². The number of likely N-dealkylation sites (tertiary alicyclic amines) is 1. The molecule has 6 heteroatoms. The fourth-order valence-electron chi connectivity index (χ4n) is 3.84. The van der Waals surface area contributed by atoms with Crippen molar-refractivity contribution in [2.75, 3.05) is 32.7 Å². The monoisotopic (exact) mass is 385 g/mol. The van der Waals surface area contributed by atoms with Gasteiger partial charge in [0.2, 0.25) is 5.91 Å². The van der Waals surface area contributed by atoms with Gasteiger partial charge in [0.1, 0.15) is 0 Å². The molecule has 2 atom stereocenters. The lowest BCUT2D eigenvalue weighted by Gasteiger charge is -2.32. The Kier molecular flexibility index (Phi) is 7.71. The van der Waals surface area contributed by atoms with Gasteiger partial charge < -0.3 is 16.0 Å². The number of nitrogens with one attached hydrogen (secondary N) is 3. The van der Waals surface area contributed by atoms with E-state index in [4.69, 9.17) is 0 Å². The molecule has 1 saturated heterocycles. The molecule has 0 spiro atoms. The predicted molar refractivity (Wildman–Crippen MR) is 115 cm³/mol. The van der Waals surface area contributed by atoms with Gasteiger partial charge in [0, 0.05) is 44.2 Å². The van der Waals surface area contributed by atoms with E-state index in [0.717, 1.165) is 51.4 Å². The van der Waals surface area contributed by atoms with E-state index in [1.807, 2.05) is 0 Å². The Balaban J connectivity index is 1.41. The van der Waals surface area contributed by atoms with Crippen LogP contribution in [0.15, 0.2) is 35.3 Å². The zero-order valence-electron chi connectivity index (χ0n) is 17.3. The Hall–Kier alpha value is -2.08. The molecule has 0 radical (unpaired) electrons. The van der Waals surface area contributed by atoms with Gasteiger partial charge in [-0.1, -0.05) is 37.3 Å². The van der Waals surface area contributed by atoms with Crippen molar-refractivity contribution in [1.29, 1.82) is 0 Å². The van der Waals surface area contributed by atoms with Crippen LogP contribution in [0.1, 0.15) is 51.0 Å². The molecule has 1 aromatic carbocycles. The minimum Gasteiger partial charge on any atom is -0.355 e. The van der Waals surface area contributed by atoms with E-state index in [1.165, 1.54) is 12.0 Å². The van der Waals surface area contributed by atoms with Crippen molar-refractivity contribution in [3.63, 3.8) is 0 Å². The molecule has 1 aliphatic carbocycles. The van der Waals surface area contributed by atoms with Gasteiger partial charge >= 0.3 is 0 Å². The summed E-state index contributed by atoms with van der Waals surface area (Å²) in [6.07, 6.45) is 4.23. The minimum absolute atomic E-state index is 0.142. The number of benzene rings is 1. The van der Waals surface area contributed by atoms with Crippen LogP contribution in [0, 0.1) is 0 Å². The van der Waals surface area contributed by atoms with Gasteiger partial charge in [-0.05, 0) is 38.2 Å². The Morgan fingerprint density at radius 3 is 2.57 bits per heavy atom. The molecule has 1 saturated carbocycles. The van der Waals surface area contributed by atoms with Crippen molar-refractivity contribution < 1.29 is 4.79 Å². The summed E-state index contributed by atoms with van der Waals surface area (Å²) < 4.78 is 0. The molecule has 1 aromatic rings. The molecule has 0 bridgehead atoms. The Labute approximate surface area is 169 Å². The molecule has 2 aliphatic rings. The summed E-state index contributed by atoms with van der Waals surface area (Å²) in [5, 5.41) is 10.2. The second-order valence-electron chi connectivity index (χ2n) is 7.87. The van der Waals surface area contributed by atoms with Crippen molar-refractivity contribution >= 4 is 11.9 Å². The lowest BCUT2D eigenvalue weighted by Crippen LogP contribution is -2.50. The van der Waals surface area contributed by atoms with Crippen molar-refractivity contribution in [3.05, 3.63) is 35.9 Å². The Morgan fingerprint density at radius 2 is 1.89 bits per heavy atom. The summed E-state index contributed by atoms with van der Waals surface area (Å²) in [7, 11) is 0. The molecular weight excluding hydrogens is 350 g/mol. The van der Waals surface area contributed by atoms with E-state index >= 15 is 0 Å². The summed E-state index contributed by atoms with van der Waals surface area (Å²) in [4.78, 5) is 18.8. The molecule has 154 valence electrons. The fourth-order valence-corrected chi connectivity index (χ4v) is 3.84. The third kappa shape index (κ3) is 6.23. The molecular formula is C22H35N5O. The maximum absolute atomic E-state index is 11.9. The number of carbonyl (C=O) groups is 1. The quantitative estimate of drug-likeness (QED) is 0.473. The number of hydrogen-bond donors (Lipinski definition) is 3. The van der Waals surface area contributed by atoms with Crippen LogP contribution in [0.4, 0.5) is 0 Å². The molecule has 6 nitrogen and oxygen atoms in total. The molecule has 2 unspecified atom stereocenters. The molecule has 3 N–H and O–H groups in total. The number of nitrogens with zero attached hydrogens (tertiary/aromatic N) is 2. The summed E-state index contributed by atoms with van der Waals surface area (Å²) in [6, 6.07) is 11.6. The zero-order chi connectivity index (χ0) is 19.8. The zero-order valence-corrected chi connectivity index (χ0v) is 17.3. The Morgan fingerprint density at radius 1 is 1.14 bits per heavy atom. The second kappa shape index (κ2) is 10.5. The van der Waals surface area contributed by atoms with Crippen molar-refractivity contribution in [2.24, 2.45) is 4.99 Å². The topological polar surface area (TPSA) is 68.8 Å². The predicted octanol–water partition coefficient (Wildman–Crippen LogP) is 2.09. The summed E-state index contributed by atoms with van der Waals surface area (Å²) in [5.41, 5.74) is 1.41. The van der Waals surface area contributed by atoms with Crippen molar-refractivity contribution in [1.82, 2.24) is 20.9 Å². The first-order valence-electron chi connectivity index (χ1n) is 10.8. The number of piperidine rings is 1. The largest absolute Gasteiger partial charge is 0.355 e. The van der Waals surface area contributed by atoms with Crippen LogP contribution >= 0.6 is 0 Å². The first-order valence-corrected chi connectivity index (χ1v) is 10.8. The van der Waals surface area contributed by atoms with Crippen LogP contribution in [0.3, 0.4) is 0 Å². The maximum atomic E-state index is 11.9. The first-order chi connectivity index (χ1) is 13.7. The van der Waals surface area contributed by atoms with Gasteiger partial charge in [-0.25, -0.2) is 0 Å². The standard InChI is InChI=1S/C22H35N5O/c1-3-12-24-21(28)16-27-13-10-18(11-14-27)25-22(23-4-2)26-20-15-19(20)17-8-6-5-7-9-17/h5-9,18-20H,3-4,10-16H2,1-2H3,(H,24,28)(H2,23,25,26).